The molecule has 0 spiro atoms. The average Bonchev–Trinajstić information content (AvgIpc) is 2.76. The van der Waals surface area contributed by atoms with E-state index in [1.54, 1.807) is 19.3 Å². The number of nitrogens with one attached hydrogen (secondary N) is 1. The van der Waals surface area contributed by atoms with Crippen molar-refractivity contribution >= 4 is 5.69 Å². The lowest BCUT2D eigenvalue weighted by atomic mass is 10.1. The van der Waals surface area contributed by atoms with Crippen LogP contribution in [0.15, 0.2) is 30.5 Å². The average molecular weight is 284 g/mol. The molecule has 20 heavy (non-hydrogen) atoms. The molecule has 7 heteroatoms. The Hall–Kier alpha value is -2.02. The fourth-order valence-electron chi connectivity index (χ4n) is 1.96. The van der Waals surface area contributed by atoms with E-state index in [0.717, 1.165) is 12.1 Å². The lowest BCUT2D eigenvalue weighted by Gasteiger charge is -2.11. The second kappa shape index (κ2) is 5.54. The van der Waals surface area contributed by atoms with Gasteiger partial charge in [0.05, 0.1) is 23.1 Å². The summed E-state index contributed by atoms with van der Waals surface area (Å²) in [5, 5.41) is 7.12. The Bertz CT molecular complexity index is 590. The van der Waals surface area contributed by atoms with E-state index in [9.17, 15) is 13.2 Å². The minimum Gasteiger partial charge on any atom is -0.381 e. The van der Waals surface area contributed by atoms with Crippen LogP contribution in [0.3, 0.4) is 0 Å². The van der Waals surface area contributed by atoms with E-state index in [-0.39, 0.29) is 0 Å². The van der Waals surface area contributed by atoms with Crippen molar-refractivity contribution in [2.24, 2.45) is 12.8 Å². The summed E-state index contributed by atoms with van der Waals surface area (Å²) in [6.07, 6.45) is -2.79. The van der Waals surface area contributed by atoms with Gasteiger partial charge in [-0.2, -0.15) is 18.3 Å². The first kappa shape index (κ1) is 14.4. The molecule has 0 aliphatic heterocycles. The normalized spacial score (nSPS) is 11.7. The minimum atomic E-state index is -4.36. The summed E-state index contributed by atoms with van der Waals surface area (Å²) in [5.41, 5.74) is 6.46. The Morgan fingerprint density at radius 1 is 1.35 bits per heavy atom. The molecule has 0 radical (unpaired) electrons. The molecule has 4 nitrogen and oxygen atoms in total. The molecule has 1 heterocycles. The molecule has 0 atom stereocenters. The molecule has 0 fully saturated rings. The maximum atomic E-state index is 12.8. The van der Waals surface area contributed by atoms with Crippen molar-refractivity contribution in [3.05, 3.63) is 36.0 Å². The third-order valence-corrected chi connectivity index (χ3v) is 2.86. The third kappa shape index (κ3) is 2.93. The van der Waals surface area contributed by atoms with E-state index in [1.165, 1.54) is 10.7 Å². The van der Waals surface area contributed by atoms with Crippen LogP contribution in [0.5, 0.6) is 0 Å². The lowest BCUT2D eigenvalue weighted by molar-refractivity contribution is -0.137. The number of nitrogens with two attached hydrogens (primary N) is 1. The van der Waals surface area contributed by atoms with Gasteiger partial charge in [0.2, 0.25) is 0 Å². The number of benzene rings is 1. The molecule has 0 unspecified atom stereocenters. The summed E-state index contributed by atoms with van der Waals surface area (Å²) in [7, 11) is 1.68. The van der Waals surface area contributed by atoms with Gasteiger partial charge in [0.15, 0.2) is 0 Å². The summed E-state index contributed by atoms with van der Waals surface area (Å²) >= 11 is 0. The van der Waals surface area contributed by atoms with E-state index in [1.807, 2.05) is 0 Å². The predicted molar refractivity (Wildman–Crippen MR) is 71.2 cm³/mol. The smallest absolute Gasteiger partial charge is 0.381 e. The van der Waals surface area contributed by atoms with E-state index >= 15 is 0 Å². The van der Waals surface area contributed by atoms with Gasteiger partial charge >= 0.3 is 6.18 Å². The fourth-order valence-corrected chi connectivity index (χ4v) is 1.96. The maximum Gasteiger partial charge on any atom is 0.416 e. The fraction of sp³-hybridized carbons (Fsp3) is 0.308. The summed E-state index contributed by atoms with van der Waals surface area (Å²) in [4.78, 5) is 0. The standard InChI is InChI=1S/C13H15F3N4/c1-20-12(11(8-19-20)18-6-5-17)9-3-2-4-10(7-9)13(14,15)16/h2-4,7-8,18H,5-6,17H2,1H3. The van der Waals surface area contributed by atoms with Crippen molar-refractivity contribution in [3.8, 4) is 11.3 Å². The Morgan fingerprint density at radius 2 is 2.10 bits per heavy atom. The number of anilines is 1. The number of nitrogens with zero attached hydrogens (tertiary/aromatic N) is 2. The zero-order valence-corrected chi connectivity index (χ0v) is 10.9. The van der Waals surface area contributed by atoms with Gasteiger partial charge in [0.1, 0.15) is 0 Å². The predicted octanol–water partition coefficient (Wildman–Crippen LogP) is 2.48. The van der Waals surface area contributed by atoms with Gasteiger partial charge in [-0.3, -0.25) is 4.68 Å². The topological polar surface area (TPSA) is 55.9 Å². The number of hydrogen-bond acceptors (Lipinski definition) is 3. The molecule has 2 rings (SSSR count). The van der Waals surface area contributed by atoms with Crippen LogP contribution in [0.1, 0.15) is 5.56 Å². The molecule has 2 aromatic rings. The second-order valence-corrected chi connectivity index (χ2v) is 4.32. The molecule has 0 amide bonds. The van der Waals surface area contributed by atoms with Crippen LogP contribution >= 0.6 is 0 Å². The zero-order valence-electron chi connectivity index (χ0n) is 10.9. The number of aromatic nitrogens is 2. The Labute approximate surface area is 114 Å². The molecular weight excluding hydrogens is 269 g/mol. The number of halogens is 3. The molecule has 0 aliphatic rings. The molecule has 0 bridgehead atoms. The quantitative estimate of drug-likeness (QED) is 0.907. The molecule has 1 aromatic heterocycles. The molecule has 3 N–H and O–H groups in total. The van der Waals surface area contributed by atoms with Crippen LogP contribution in [0, 0.1) is 0 Å². The van der Waals surface area contributed by atoms with Gasteiger partial charge in [-0.15, -0.1) is 0 Å². The van der Waals surface area contributed by atoms with Crippen LogP contribution in [0.25, 0.3) is 11.3 Å². The maximum absolute atomic E-state index is 12.8. The van der Waals surface area contributed by atoms with Gasteiger partial charge < -0.3 is 11.1 Å². The van der Waals surface area contributed by atoms with E-state index < -0.39 is 11.7 Å². The second-order valence-electron chi connectivity index (χ2n) is 4.32. The van der Waals surface area contributed by atoms with E-state index in [4.69, 9.17) is 5.73 Å². The lowest BCUT2D eigenvalue weighted by Crippen LogP contribution is -2.13. The highest BCUT2D eigenvalue weighted by molar-refractivity contribution is 5.74. The van der Waals surface area contributed by atoms with Crippen LogP contribution in [0.2, 0.25) is 0 Å². The van der Waals surface area contributed by atoms with Gasteiger partial charge in [0, 0.05) is 25.7 Å². The van der Waals surface area contributed by atoms with E-state index in [2.05, 4.69) is 10.4 Å². The third-order valence-electron chi connectivity index (χ3n) is 2.86. The van der Waals surface area contributed by atoms with Crippen LogP contribution in [-0.4, -0.2) is 22.9 Å². The summed E-state index contributed by atoms with van der Waals surface area (Å²) < 4.78 is 39.8. The largest absolute Gasteiger partial charge is 0.416 e. The van der Waals surface area contributed by atoms with Gasteiger partial charge in [-0.25, -0.2) is 0 Å². The van der Waals surface area contributed by atoms with Crippen molar-refractivity contribution in [2.75, 3.05) is 18.4 Å². The SMILES string of the molecule is Cn1ncc(NCCN)c1-c1cccc(C(F)(F)F)c1. The molecule has 0 saturated heterocycles. The van der Waals surface area contributed by atoms with Crippen molar-refractivity contribution < 1.29 is 13.2 Å². The highest BCUT2D eigenvalue weighted by Gasteiger charge is 2.30. The van der Waals surface area contributed by atoms with Crippen LogP contribution < -0.4 is 11.1 Å². The van der Waals surface area contributed by atoms with Crippen LogP contribution in [-0.2, 0) is 13.2 Å². The van der Waals surface area contributed by atoms with Gasteiger partial charge in [0.25, 0.3) is 0 Å². The Kier molecular flexibility index (Phi) is 3.99. The number of aryl methyl sites for hydroxylation is 1. The Morgan fingerprint density at radius 3 is 2.75 bits per heavy atom. The molecule has 1 aromatic carbocycles. The first-order chi connectivity index (χ1) is 9.43. The van der Waals surface area contributed by atoms with Crippen molar-refractivity contribution in [1.29, 1.82) is 0 Å². The molecule has 0 aliphatic carbocycles. The van der Waals surface area contributed by atoms with E-state index in [0.29, 0.717) is 30.0 Å². The minimum absolute atomic E-state index is 0.428. The highest BCUT2D eigenvalue weighted by atomic mass is 19.4. The summed E-state index contributed by atoms with van der Waals surface area (Å²) in [6, 6.07) is 5.18. The molecular formula is C13H15F3N4. The van der Waals surface area contributed by atoms with Crippen LogP contribution in [0.4, 0.5) is 18.9 Å². The zero-order chi connectivity index (χ0) is 14.8. The molecule has 108 valence electrons. The molecule has 0 saturated carbocycles. The van der Waals surface area contributed by atoms with Crippen molar-refractivity contribution in [3.63, 3.8) is 0 Å². The van der Waals surface area contributed by atoms with Crippen molar-refractivity contribution in [1.82, 2.24) is 9.78 Å². The summed E-state index contributed by atoms with van der Waals surface area (Å²) in [6.45, 7) is 0.953. The highest BCUT2D eigenvalue weighted by Crippen LogP contribution is 2.34. The van der Waals surface area contributed by atoms with Gasteiger partial charge in [-0.05, 0) is 12.1 Å². The number of hydrogen-bond donors (Lipinski definition) is 2. The van der Waals surface area contributed by atoms with Gasteiger partial charge in [-0.1, -0.05) is 12.1 Å². The Balaban J connectivity index is 2.43. The number of alkyl halides is 3. The summed E-state index contributed by atoms with van der Waals surface area (Å²) in [5.74, 6) is 0. The first-order valence-electron chi connectivity index (χ1n) is 6.07. The number of rotatable bonds is 4. The monoisotopic (exact) mass is 284 g/mol. The first-order valence-corrected chi connectivity index (χ1v) is 6.07. The van der Waals surface area contributed by atoms with Crippen molar-refractivity contribution in [2.45, 2.75) is 6.18 Å².